The molecule has 0 amide bonds. The normalized spacial score (nSPS) is 30.0. The van der Waals surface area contributed by atoms with Gasteiger partial charge in [-0.3, -0.25) is 0 Å². The van der Waals surface area contributed by atoms with Crippen molar-refractivity contribution in [3.63, 3.8) is 0 Å². The van der Waals surface area contributed by atoms with Crippen LogP contribution in [0.25, 0.3) is 0 Å². The van der Waals surface area contributed by atoms with E-state index in [0.717, 1.165) is 29.8 Å². The van der Waals surface area contributed by atoms with E-state index in [0.29, 0.717) is 5.92 Å². The molecule has 82 valence electrons. The molecule has 0 radical (unpaired) electrons. The molecule has 1 nitrogen and oxygen atoms in total. The molecule has 0 aromatic heterocycles. The topological polar surface area (TPSA) is 20.2 Å². The third-order valence-electron chi connectivity index (χ3n) is 3.21. The number of halogens is 1. The zero-order chi connectivity index (χ0) is 11.1. The summed E-state index contributed by atoms with van der Waals surface area (Å²) in [6.07, 6.45) is 2.61. The highest BCUT2D eigenvalue weighted by Gasteiger charge is 2.39. The number of aliphatic hydroxyl groups is 1. The predicted octanol–water partition coefficient (Wildman–Crippen LogP) is 3.35. The molecule has 1 aliphatic rings. The second kappa shape index (κ2) is 3.80. The van der Waals surface area contributed by atoms with Crippen LogP contribution in [-0.4, -0.2) is 10.7 Å². The van der Waals surface area contributed by atoms with Crippen LogP contribution >= 0.6 is 11.6 Å². The Labute approximate surface area is 96.1 Å². The van der Waals surface area contributed by atoms with Crippen molar-refractivity contribution in [2.24, 2.45) is 5.92 Å². The zero-order valence-corrected chi connectivity index (χ0v) is 10.0. The van der Waals surface area contributed by atoms with Gasteiger partial charge in [-0.1, -0.05) is 30.7 Å². The lowest BCUT2D eigenvalue weighted by atomic mass is 9.69. The van der Waals surface area contributed by atoms with E-state index < -0.39 is 5.60 Å². The molecule has 0 bridgehead atoms. The van der Waals surface area contributed by atoms with E-state index >= 15 is 0 Å². The molecule has 1 saturated carbocycles. The van der Waals surface area contributed by atoms with Crippen LogP contribution in [-0.2, 0) is 6.42 Å². The summed E-state index contributed by atoms with van der Waals surface area (Å²) in [6.45, 7) is 4.18. The zero-order valence-electron chi connectivity index (χ0n) is 9.26. The summed E-state index contributed by atoms with van der Waals surface area (Å²) in [5.74, 6) is 0.670. The maximum absolute atomic E-state index is 10.2. The third kappa shape index (κ3) is 2.35. The maximum Gasteiger partial charge on any atom is 0.0693 e. The van der Waals surface area contributed by atoms with Crippen LogP contribution in [0.5, 0.6) is 0 Å². The number of benzene rings is 1. The van der Waals surface area contributed by atoms with Crippen molar-refractivity contribution in [3.05, 3.63) is 34.3 Å². The van der Waals surface area contributed by atoms with Crippen LogP contribution in [0.3, 0.4) is 0 Å². The maximum atomic E-state index is 10.2. The summed E-state index contributed by atoms with van der Waals surface area (Å²) in [6, 6.07) is 6.00. The van der Waals surface area contributed by atoms with Crippen molar-refractivity contribution < 1.29 is 5.11 Å². The molecule has 0 spiro atoms. The molecule has 0 heterocycles. The summed E-state index contributed by atoms with van der Waals surface area (Å²) in [7, 11) is 0. The van der Waals surface area contributed by atoms with E-state index in [2.05, 4.69) is 13.0 Å². The van der Waals surface area contributed by atoms with Gasteiger partial charge in [0.1, 0.15) is 0 Å². The summed E-state index contributed by atoms with van der Waals surface area (Å²) in [5, 5.41) is 11.0. The Morgan fingerprint density at radius 2 is 2.13 bits per heavy atom. The standard InChI is InChI=1S/C13H17ClO/c1-9-6-13(15,7-9)8-11-3-4-12(14)10(2)5-11/h3-5,9,15H,6-8H2,1-2H3. The number of hydrogen-bond donors (Lipinski definition) is 1. The summed E-state index contributed by atoms with van der Waals surface area (Å²) in [4.78, 5) is 0. The van der Waals surface area contributed by atoms with E-state index in [1.54, 1.807) is 0 Å². The molecule has 0 atom stereocenters. The first-order chi connectivity index (χ1) is 6.98. The van der Waals surface area contributed by atoms with Gasteiger partial charge in [-0.15, -0.1) is 0 Å². The van der Waals surface area contributed by atoms with E-state index in [-0.39, 0.29) is 0 Å². The molecule has 0 aliphatic heterocycles. The Bertz CT molecular complexity index is 367. The molecule has 2 rings (SSSR count). The van der Waals surface area contributed by atoms with E-state index in [1.807, 2.05) is 19.1 Å². The monoisotopic (exact) mass is 224 g/mol. The molecule has 2 heteroatoms. The van der Waals surface area contributed by atoms with Crippen molar-refractivity contribution in [3.8, 4) is 0 Å². The minimum absolute atomic E-state index is 0.459. The first-order valence-electron chi connectivity index (χ1n) is 5.46. The number of aryl methyl sites for hydroxylation is 1. The highest BCUT2D eigenvalue weighted by Crippen LogP contribution is 2.39. The lowest BCUT2D eigenvalue weighted by Gasteiger charge is -2.42. The van der Waals surface area contributed by atoms with Crippen molar-refractivity contribution >= 4 is 11.6 Å². The van der Waals surface area contributed by atoms with Gasteiger partial charge in [-0.05, 0) is 42.9 Å². The van der Waals surface area contributed by atoms with Crippen molar-refractivity contribution in [1.29, 1.82) is 0 Å². The molecule has 0 saturated heterocycles. The van der Waals surface area contributed by atoms with Crippen LogP contribution < -0.4 is 0 Å². The van der Waals surface area contributed by atoms with E-state index in [4.69, 9.17) is 11.6 Å². The lowest BCUT2D eigenvalue weighted by Crippen LogP contribution is -2.44. The van der Waals surface area contributed by atoms with E-state index in [1.165, 1.54) is 5.56 Å². The molecule has 1 aromatic rings. The Hall–Kier alpha value is -0.530. The summed E-state index contributed by atoms with van der Waals surface area (Å²) >= 11 is 5.96. The number of hydrogen-bond acceptors (Lipinski definition) is 1. The fourth-order valence-corrected chi connectivity index (χ4v) is 2.70. The van der Waals surface area contributed by atoms with Gasteiger partial charge in [0.15, 0.2) is 0 Å². The Morgan fingerprint density at radius 3 is 2.67 bits per heavy atom. The molecular formula is C13H17ClO. The molecule has 1 fully saturated rings. The highest BCUT2D eigenvalue weighted by atomic mass is 35.5. The fraction of sp³-hybridized carbons (Fsp3) is 0.538. The van der Waals surface area contributed by atoms with Crippen LogP contribution in [0.15, 0.2) is 18.2 Å². The quantitative estimate of drug-likeness (QED) is 0.817. The second-order valence-electron chi connectivity index (χ2n) is 5.00. The van der Waals surface area contributed by atoms with Crippen LogP contribution in [0, 0.1) is 12.8 Å². The molecular weight excluding hydrogens is 208 g/mol. The second-order valence-corrected chi connectivity index (χ2v) is 5.41. The largest absolute Gasteiger partial charge is 0.390 e. The SMILES string of the molecule is Cc1cc(CC2(O)CC(C)C2)ccc1Cl. The minimum Gasteiger partial charge on any atom is -0.390 e. The first-order valence-corrected chi connectivity index (χ1v) is 5.84. The average Bonchev–Trinajstić information content (AvgIpc) is 2.09. The molecule has 0 unspecified atom stereocenters. The smallest absolute Gasteiger partial charge is 0.0693 e. The van der Waals surface area contributed by atoms with Crippen LogP contribution in [0.2, 0.25) is 5.02 Å². The van der Waals surface area contributed by atoms with Gasteiger partial charge in [0.2, 0.25) is 0 Å². The highest BCUT2D eigenvalue weighted by molar-refractivity contribution is 6.31. The van der Waals surface area contributed by atoms with Crippen molar-refractivity contribution in [2.75, 3.05) is 0 Å². The minimum atomic E-state index is -0.459. The lowest BCUT2D eigenvalue weighted by molar-refractivity contribution is -0.0665. The molecule has 15 heavy (non-hydrogen) atoms. The number of rotatable bonds is 2. The molecule has 1 N–H and O–H groups in total. The van der Waals surface area contributed by atoms with Crippen molar-refractivity contribution in [2.45, 2.75) is 38.7 Å². The fourth-order valence-electron chi connectivity index (χ4n) is 2.58. The van der Waals surface area contributed by atoms with Gasteiger partial charge >= 0.3 is 0 Å². The van der Waals surface area contributed by atoms with Gasteiger partial charge in [-0.2, -0.15) is 0 Å². The van der Waals surface area contributed by atoms with Crippen molar-refractivity contribution in [1.82, 2.24) is 0 Å². The van der Waals surface area contributed by atoms with Gasteiger partial charge < -0.3 is 5.11 Å². The summed E-state index contributed by atoms with van der Waals surface area (Å²) < 4.78 is 0. The van der Waals surface area contributed by atoms with E-state index in [9.17, 15) is 5.11 Å². The third-order valence-corrected chi connectivity index (χ3v) is 3.64. The van der Waals surface area contributed by atoms with Gasteiger partial charge in [0.05, 0.1) is 5.60 Å². The van der Waals surface area contributed by atoms with Gasteiger partial charge in [0.25, 0.3) is 0 Å². The van der Waals surface area contributed by atoms with Gasteiger partial charge in [0, 0.05) is 11.4 Å². The molecule has 1 aromatic carbocycles. The molecule has 1 aliphatic carbocycles. The Kier molecular flexibility index (Phi) is 2.78. The Balaban J connectivity index is 2.08. The van der Waals surface area contributed by atoms with Crippen LogP contribution in [0.1, 0.15) is 30.9 Å². The first kappa shape index (κ1) is 11.0. The van der Waals surface area contributed by atoms with Gasteiger partial charge in [-0.25, -0.2) is 0 Å². The average molecular weight is 225 g/mol. The summed E-state index contributed by atoms with van der Waals surface area (Å²) in [5.41, 5.74) is 1.82. The Morgan fingerprint density at radius 1 is 1.47 bits per heavy atom. The predicted molar refractivity (Wildman–Crippen MR) is 63.2 cm³/mol. The van der Waals surface area contributed by atoms with Crippen LogP contribution in [0.4, 0.5) is 0 Å².